The minimum Gasteiger partial charge on any atom is -0.497 e. The molecule has 3 aliphatic heterocycles. The molecular formula is C35H44Cl2N4O8S. The summed E-state index contributed by atoms with van der Waals surface area (Å²) in [6.45, 7) is 5.82. The van der Waals surface area contributed by atoms with Gasteiger partial charge in [-0.15, -0.1) is 24.8 Å². The number of carbonyl (C=O) groups excluding carboxylic acids is 2. The van der Waals surface area contributed by atoms with E-state index in [4.69, 9.17) is 18.9 Å². The highest BCUT2D eigenvalue weighted by molar-refractivity contribution is 7.93. The summed E-state index contributed by atoms with van der Waals surface area (Å²) in [5, 5.41) is 0. The smallest absolute Gasteiger partial charge is 0.411 e. The third-order valence-electron chi connectivity index (χ3n) is 9.70. The number of anilines is 1. The first-order valence-electron chi connectivity index (χ1n) is 16.0. The van der Waals surface area contributed by atoms with E-state index < -0.39 is 27.6 Å². The molecule has 3 aromatic rings. The molecule has 0 bridgehead atoms. The largest absolute Gasteiger partial charge is 0.497 e. The van der Waals surface area contributed by atoms with Crippen molar-refractivity contribution in [1.29, 1.82) is 0 Å². The van der Waals surface area contributed by atoms with E-state index in [1.54, 1.807) is 48.2 Å². The second-order valence-electron chi connectivity index (χ2n) is 12.4. The van der Waals surface area contributed by atoms with Crippen molar-refractivity contribution in [1.82, 2.24) is 14.7 Å². The number of piperidine rings is 1. The number of halogens is 2. The summed E-state index contributed by atoms with van der Waals surface area (Å²) in [4.78, 5) is 35.6. The van der Waals surface area contributed by atoms with Crippen LogP contribution >= 0.6 is 24.8 Å². The van der Waals surface area contributed by atoms with Crippen molar-refractivity contribution in [2.75, 3.05) is 72.0 Å². The Morgan fingerprint density at radius 3 is 2.00 bits per heavy atom. The van der Waals surface area contributed by atoms with Gasteiger partial charge in [-0.1, -0.05) is 18.2 Å². The number of hydrogen-bond donors (Lipinski definition) is 0. The third kappa shape index (κ3) is 6.81. The van der Waals surface area contributed by atoms with Crippen molar-refractivity contribution in [3.63, 3.8) is 0 Å². The number of sulfonamides is 1. The number of nitrogens with zero attached hydrogens (tertiary/aromatic N) is 4. The first-order valence-corrected chi connectivity index (χ1v) is 17.5. The Morgan fingerprint density at radius 2 is 1.40 bits per heavy atom. The fourth-order valence-corrected chi connectivity index (χ4v) is 8.67. The van der Waals surface area contributed by atoms with E-state index >= 15 is 4.79 Å². The minimum absolute atomic E-state index is 0. The summed E-state index contributed by atoms with van der Waals surface area (Å²) in [5.74, 6) is -0.0945. The van der Waals surface area contributed by atoms with Crippen molar-refractivity contribution in [3.8, 4) is 17.2 Å². The molecule has 0 spiro atoms. The van der Waals surface area contributed by atoms with Gasteiger partial charge in [-0.05, 0) is 87.9 Å². The number of fused-ring (bicyclic) bond motifs is 1. The minimum atomic E-state index is -4.49. The van der Waals surface area contributed by atoms with Crippen LogP contribution in [0, 0.1) is 6.92 Å². The Bertz CT molecular complexity index is 1810. The molecule has 12 nitrogen and oxygen atoms in total. The van der Waals surface area contributed by atoms with Gasteiger partial charge in [0, 0.05) is 37.8 Å². The first-order chi connectivity index (χ1) is 23.0. The maximum atomic E-state index is 15.1. The van der Waals surface area contributed by atoms with Crippen LogP contribution in [0.2, 0.25) is 0 Å². The number of carbonyl (C=O) groups is 2. The molecule has 1 unspecified atom stereocenters. The lowest BCUT2D eigenvalue weighted by atomic mass is 9.86. The average Bonchev–Trinajstić information content (AvgIpc) is 3.35. The highest BCUT2D eigenvalue weighted by Gasteiger charge is 2.61. The molecule has 0 radical (unpaired) electrons. The number of amides is 2. The molecule has 1 atom stereocenters. The number of ether oxygens (including phenoxy) is 4. The maximum Gasteiger partial charge on any atom is 0.411 e. The van der Waals surface area contributed by atoms with E-state index in [0.717, 1.165) is 30.2 Å². The Hall–Kier alpha value is -3.75. The molecule has 0 aliphatic carbocycles. The van der Waals surface area contributed by atoms with E-state index in [2.05, 4.69) is 16.8 Å². The quantitative estimate of drug-likeness (QED) is 0.321. The lowest BCUT2D eigenvalue weighted by Gasteiger charge is -2.42. The van der Waals surface area contributed by atoms with E-state index in [-0.39, 0.29) is 52.3 Å². The average molecular weight is 752 g/mol. The summed E-state index contributed by atoms with van der Waals surface area (Å²) >= 11 is 0. The van der Waals surface area contributed by atoms with Crippen molar-refractivity contribution in [3.05, 3.63) is 77.4 Å². The van der Waals surface area contributed by atoms with Crippen molar-refractivity contribution >= 4 is 52.5 Å². The molecular weight excluding hydrogens is 707 g/mol. The van der Waals surface area contributed by atoms with Crippen molar-refractivity contribution in [2.45, 2.75) is 36.3 Å². The lowest BCUT2D eigenvalue weighted by molar-refractivity contribution is -0.132. The number of piperazine rings is 1. The number of likely N-dealkylation sites (tertiary alicyclic amines) is 1. The van der Waals surface area contributed by atoms with Crippen LogP contribution in [0.1, 0.15) is 29.5 Å². The van der Waals surface area contributed by atoms with Crippen molar-refractivity contribution < 1.29 is 37.0 Å². The normalized spacial score (nSPS) is 20.0. The molecule has 6 rings (SSSR count). The number of benzene rings is 3. The second-order valence-corrected chi connectivity index (χ2v) is 14.2. The Morgan fingerprint density at radius 1 is 0.800 bits per heavy atom. The molecule has 0 N–H and O–H groups in total. The predicted octanol–water partition coefficient (Wildman–Crippen LogP) is 4.69. The molecule has 3 aliphatic rings. The molecule has 272 valence electrons. The number of rotatable bonds is 8. The van der Waals surface area contributed by atoms with Gasteiger partial charge in [-0.2, -0.15) is 4.31 Å². The van der Waals surface area contributed by atoms with Gasteiger partial charge in [0.2, 0.25) is 5.60 Å². The van der Waals surface area contributed by atoms with Gasteiger partial charge in [0.15, 0.2) is 0 Å². The highest BCUT2D eigenvalue weighted by atomic mass is 35.5. The van der Waals surface area contributed by atoms with Crippen LogP contribution in [0.3, 0.4) is 0 Å². The first kappa shape index (κ1) is 39.0. The van der Waals surface area contributed by atoms with Crippen LogP contribution in [0.15, 0.2) is 65.6 Å². The van der Waals surface area contributed by atoms with Crippen LogP contribution in [0.5, 0.6) is 17.2 Å². The van der Waals surface area contributed by atoms with Gasteiger partial charge < -0.3 is 28.7 Å². The van der Waals surface area contributed by atoms with E-state index in [1.165, 1.54) is 45.6 Å². The fraction of sp³-hybridized carbons (Fsp3) is 0.429. The summed E-state index contributed by atoms with van der Waals surface area (Å²) < 4.78 is 52.8. The molecule has 2 fully saturated rings. The number of aryl methyl sites for hydroxylation is 1. The summed E-state index contributed by atoms with van der Waals surface area (Å²) in [7, 11) is 1.99. The van der Waals surface area contributed by atoms with Crippen LogP contribution in [0.4, 0.5) is 10.5 Å². The van der Waals surface area contributed by atoms with Crippen LogP contribution in [0.25, 0.3) is 0 Å². The summed E-state index contributed by atoms with van der Waals surface area (Å²) in [6, 6.07) is 16.2. The number of methoxy groups -OCH3 is 3. The standard InChI is InChI=1S/C35H42N4O8S.2ClH/c1-24-8-6-7-9-32(24)48(42,43)39-30-12-10-26(44-3)22-28(30)35(33(39)40,29-23-27(45-4)11-13-31(29)46-5)47-34(41)38-20-18-37(19-21-38)25-14-16-36(2)17-15-25;;/h6-13,22-23,25H,14-21H2,1-5H3;2*1H. The second kappa shape index (κ2) is 15.6. The maximum absolute atomic E-state index is 15.1. The van der Waals surface area contributed by atoms with Gasteiger partial charge in [0.1, 0.15) is 17.2 Å². The predicted molar refractivity (Wildman–Crippen MR) is 194 cm³/mol. The fourth-order valence-electron chi connectivity index (χ4n) is 6.98. The Balaban J connectivity index is 0.00000281. The molecule has 3 aromatic carbocycles. The van der Waals surface area contributed by atoms with Gasteiger partial charge in [-0.3, -0.25) is 9.69 Å². The molecule has 2 saturated heterocycles. The zero-order chi connectivity index (χ0) is 34.2. The summed E-state index contributed by atoms with van der Waals surface area (Å²) in [5.41, 5.74) is -1.55. The van der Waals surface area contributed by atoms with Crippen LogP contribution in [-0.4, -0.2) is 109 Å². The SMILES string of the molecule is COc1ccc(OC)c(C2(OC(=O)N3CCN(C4CCN(C)CC4)CC3)C(=O)N(S(=O)(=O)c3ccccc3C)c3ccc(OC)cc32)c1.Cl.Cl. The lowest BCUT2D eigenvalue weighted by Crippen LogP contribution is -2.55. The van der Waals surface area contributed by atoms with Gasteiger partial charge in [-0.25, -0.2) is 13.2 Å². The Kier molecular flexibility index (Phi) is 12.2. The molecule has 0 aromatic heterocycles. The van der Waals surface area contributed by atoms with E-state index in [9.17, 15) is 13.2 Å². The van der Waals surface area contributed by atoms with Gasteiger partial charge in [0.25, 0.3) is 15.9 Å². The molecule has 0 saturated carbocycles. The van der Waals surface area contributed by atoms with Crippen LogP contribution < -0.4 is 18.5 Å². The van der Waals surface area contributed by atoms with Gasteiger partial charge in [0.05, 0.1) is 37.5 Å². The molecule has 3 heterocycles. The number of hydrogen-bond acceptors (Lipinski definition) is 10. The zero-order valence-corrected chi connectivity index (χ0v) is 31.2. The Labute approximate surface area is 306 Å². The van der Waals surface area contributed by atoms with E-state index in [0.29, 0.717) is 49.3 Å². The molecule has 2 amide bonds. The van der Waals surface area contributed by atoms with Gasteiger partial charge >= 0.3 is 6.09 Å². The third-order valence-corrected chi connectivity index (χ3v) is 11.6. The summed E-state index contributed by atoms with van der Waals surface area (Å²) in [6.07, 6.45) is 1.39. The molecule has 50 heavy (non-hydrogen) atoms. The topological polar surface area (TPSA) is 118 Å². The van der Waals surface area contributed by atoms with Crippen molar-refractivity contribution in [2.24, 2.45) is 0 Å². The highest BCUT2D eigenvalue weighted by Crippen LogP contribution is 2.53. The molecule has 15 heteroatoms. The van der Waals surface area contributed by atoms with E-state index in [1.807, 2.05) is 0 Å². The monoisotopic (exact) mass is 750 g/mol. The van der Waals surface area contributed by atoms with Crippen LogP contribution in [-0.2, 0) is 25.2 Å². The zero-order valence-electron chi connectivity index (χ0n) is 28.8.